The van der Waals surface area contributed by atoms with Crippen molar-refractivity contribution < 1.29 is 9.59 Å². The van der Waals surface area contributed by atoms with Gasteiger partial charge in [-0.3, -0.25) is 19.8 Å². The zero-order valence-corrected chi connectivity index (χ0v) is 21.8. The van der Waals surface area contributed by atoms with E-state index in [2.05, 4.69) is 57.0 Å². The molecular weight excluding hydrogens is 442 g/mol. The van der Waals surface area contributed by atoms with Crippen molar-refractivity contribution in [3.05, 3.63) is 64.2 Å². The van der Waals surface area contributed by atoms with Crippen LogP contribution in [0.15, 0.2) is 42.0 Å². The van der Waals surface area contributed by atoms with Gasteiger partial charge in [0.25, 0.3) is 11.8 Å². The Hall–Kier alpha value is -2.99. The van der Waals surface area contributed by atoms with Crippen molar-refractivity contribution in [1.29, 1.82) is 0 Å². The molecule has 34 heavy (non-hydrogen) atoms. The fraction of sp³-hybridized carbons (Fsp3) is 0.393. The van der Waals surface area contributed by atoms with Crippen LogP contribution in [0.4, 0.5) is 11.4 Å². The molecule has 0 spiro atoms. The fourth-order valence-electron chi connectivity index (χ4n) is 5.56. The van der Waals surface area contributed by atoms with Crippen LogP contribution >= 0.6 is 12.2 Å². The van der Waals surface area contributed by atoms with Crippen molar-refractivity contribution >= 4 is 46.6 Å². The van der Waals surface area contributed by atoms with Crippen LogP contribution in [0.1, 0.15) is 69.2 Å². The van der Waals surface area contributed by atoms with Crippen LogP contribution in [0.2, 0.25) is 0 Å². The highest BCUT2D eigenvalue weighted by Crippen LogP contribution is 2.45. The standard InChI is InChI=1S/C28H33N3O2S/c1-16(2)31-24-12-18(4)20(13-22(24)19(5)15-28(31,6)7)14-23-25(32)29-27(34)30(26(23)33)21-10-8-9-17(3)11-21/h8-14,16,19H,15H2,1-7H3,(H,29,32,34)/b23-14+. The molecular formula is C28H33N3O2S. The lowest BCUT2D eigenvalue weighted by Crippen LogP contribution is -2.54. The number of carbonyl (C=O) groups excluding carboxylic acids is 2. The number of anilines is 2. The van der Waals surface area contributed by atoms with Crippen molar-refractivity contribution in [1.82, 2.24) is 5.32 Å². The number of aryl methyl sites for hydroxylation is 2. The molecule has 0 radical (unpaired) electrons. The maximum Gasteiger partial charge on any atom is 0.270 e. The van der Waals surface area contributed by atoms with E-state index in [1.54, 1.807) is 6.08 Å². The Bertz CT molecular complexity index is 1230. The number of fused-ring (bicyclic) bond motifs is 1. The first-order chi connectivity index (χ1) is 15.9. The summed E-state index contributed by atoms with van der Waals surface area (Å²) in [5, 5.41) is 2.79. The summed E-state index contributed by atoms with van der Waals surface area (Å²) in [4.78, 5) is 30.2. The van der Waals surface area contributed by atoms with E-state index in [9.17, 15) is 9.59 Å². The molecule has 2 amide bonds. The van der Waals surface area contributed by atoms with Crippen molar-refractivity contribution in [3.63, 3.8) is 0 Å². The lowest BCUT2D eigenvalue weighted by molar-refractivity contribution is -0.122. The van der Waals surface area contributed by atoms with Crippen LogP contribution in [0.3, 0.4) is 0 Å². The molecule has 4 rings (SSSR count). The molecule has 6 heteroatoms. The number of amides is 2. The third kappa shape index (κ3) is 4.16. The number of thiocarbonyl (C=S) groups is 1. The lowest BCUT2D eigenvalue weighted by Gasteiger charge is -2.50. The minimum Gasteiger partial charge on any atom is -0.364 e. The summed E-state index contributed by atoms with van der Waals surface area (Å²) < 4.78 is 0. The Labute approximate surface area is 207 Å². The quantitative estimate of drug-likeness (QED) is 0.355. The van der Waals surface area contributed by atoms with E-state index < -0.39 is 11.8 Å². The van der Waals surface area contributed by atoms with Crippen molar-refractivity contribution in [2.45, 2.75) is 72.4 Å². The van der Waals surface area contributed by atoms with E-state index >= 15 is 0 Å². The molecule has 5 nitrogen and oxygen atoms in total. The second kappa shape index (κ2) is 8.66. The number of carbonyl (C=O) groups is 2. The average molecular weight is 476 g/mol. The van der Waals surface area contributed by atoms with Gasteiger partial charge in [0.1, 0.15) is 5.57 Å². The Morgan fingerprint density at radius 2 is 1.85 bits per heavy atom. The van der Waals surface area contributed by atoms with Gasteiger partial charge >= 0.3 is 0 Å². The predicted octanol–water partition coefficient (Wildman–Crippen LogP) is 5.64. The second-order valence-electron chi connectivity index (χ2n) is 10.4. The molecule has 0 bridgehead atoms. The summed E-state index contributed by atoms with van der Waals surface area (Å²) in [6, 6.07) is 12.2. The molecule has 1 saturated heterocycles. The molecule has 0 aliphatic carbocycles. The number of hydrogen-bond donors (Lipinski definition) is 1. The van der Waals surface area contributed by atoms with Crippen molar-refractivity contribution in [2.24, 2.45) is 0 Å². The van der Waals surface area contributed by atoms with Gasteiger partial charge in [0, 0.05) is 17.3 Å². The number of nitrogens with one attached hydrogen (secondary N) is 1. The van der Waals surface area contributed by atoms with Crippen LogP contribution < -0.4 is 15.1 Å². The van der Waals surface area contributed by atoms with E-state index in [0.29, 0.717) is 17.6 Å². The van der Waals surface area contributed by atoms with Gasteiger partial charge in [0.05, 0.1) is 5.69 Å². The molecule has 0 saturated carbocycles. The zero-order valence-electron chi connectivity index (χ0n) is 21.0. The normalized spacial score (nSPS) is 21.2. The number of rotatable bonds is 3. The van der Waals surface area contributed by atoms with Crippen LogP contribution in [0.25, 0.3) is 6.08 Å². The van der Waals surface area contributed by atoms with Gasteiger partial charge in [-0.15, -0.1) is 0 Å². The minimum absolute atomic E-state index is 0.0518. The Morgan fingerprint density at radius 1 is 1.15 bits per heavy atom. The summed E-state index contributed by atoms with van der Waals surface area (Å²) in [5.41, 5.74) is 6.18. The van der Waals surface area contributed by atoms with E-state index in [1.165, 1.54) is 16.2 Å². The molecule has 2 aromatic carbocycles. The van der Waals surface area contributed by atoms with E-state index in [0.717, 1.165) is 23.1 Å². The van der Waals surface area contributed by atoms with E-state index in [4.69, 9.17) is 12.2 Å². The van der Waals surface area contributed by atoms with E-state index in [-0.39, 0.29) is 16.2 Å². The van der Waals surface area contributed by atoms with Gasteiger partial charge in [0.15, 0.2) is 5.11 Å². The largest absolute Gasteiger partial charge is 0.364 e. The van der Waals surface area contributed by atoms with Crippen molar-refractivity contribution in [2.75, 3.05) is 9.80 Å². The molecule has 1 fully saturated rings. The van der Waals surface area contributed by atoms with Gasteiger partial charge in [-0.25, -0.2) is 0 Å². The van der Waals surface area contributed by atoms with Gasteiger partial charge in [0.2, 0.25) is 0 Å². The van der Waals surface area contributed by atoms with Gasteiger partial charge < -0.3 is 4.90 Å². The van der Waals surface area contributed by atoms with Crippen molar-refractivity contribution in [3.8, 4) is 0 Å². The Kier molecular flexibility index (Phi) is 6.15. The third-order valence-corrected chi connectivity index (χ3v) is 7.13. The van der Waals surface area contributed by atoms with Gasteiger partial charge in [-0.05, 0) is 119 Å². The zero-order chi connectivity index (χ0) is 24.9. The maximum atomic E-state index is 13.5. The maximum absolute atomic E-state index is 13.5. The Balaban J connectivity index is 1.79. The summed E-state index contributed by atoms with van der Waals surface area (Å²) in [5.74, 6) is -0.506. The number of nitrogens with zero attached hydrogens (tertiary/aromatic N) is 2. The summed E-state index contributed by atoms with van der Waals surface area (Å²) >= 11 is 5.34. The molecule has 2 heterocycles. The molecule has 178 valence electrons. The molecule has 2 aliphatic rings. The molecule has 0 aromatic heterocycles. The molecule has 1 N–H and O–H groups in total. The molecule has 2 aliphatic heterocycles. The average Bonchev–Trinajstić information content (AvgIpc) is 2.70. The molecule has 1 atom stereocenters. The van der Waals surface area contributed by atoms with Crippen LogP contribution in [0.5, 0.6) is 0 Å². The van der Waals surface area contributed by atoms with Gasteiger partial charge in [-0.1, -0.05) is 19.1 Å². The Morgan fingerprint density at radius 3 is 2.50 bits per heavy atom. The number of benzene rings is 2. The molecule has 2 aromatic rings. The fourth-order valence-corrected chi connectivity index (χ4v) is 5.84. The SMILES string of the molecule is Cc1cccc(N2C(=O)/C(=C/c3cc4c(cc3C)N(C(C)C)C(C)(C)CC4C)C(=O)NC2=S)c1. The first-order valence-corrected chi connectivity index (χ1v) is 12.2. The lowest BCUT2D eigenvalue weighted by atomic mass is 9.78. The predicted molar refractivity (Wildman–Crippen MR) is 143 cm³/mol. The van der Waals surface area contributed by atoms with Gasteiger partial charge in [-0.2, -0.15) is 0 Å². The second-order valence-corrected chi connectivity index (χ2v) is 10.8. The highest BCUT2D eigenvalue weighted by Gasteiger charge is 2.38. The van der Waals surface area contributed by atoms with Crippen LogP contribution in [-0.4, -0.2) is 28.5 Å². The van der Waals surface area contributed by atoms with Crippen LogP contribution in [-0.2, 0) is 9.59 Å². The number of hydrogen-bond acceptors (Lipinski definition) is 4. The minimum atomic E-state index is -0.464. The summed E-state index contributed by atoms with van der Waals surface area (Å²) in [6.45, 7) is 15.3. The molecule has 1 unspecified atom stereocenters. The summed E-state index contributed by atoms with van der Waals surface area (Å²) in [7, 11) is 0. The smallest absolute Gasteiger partial charge is 0.270 e. The first kappa shape index (κ1) is 24.1. The topological polar surface area (TPSA) is 52.7 Å². The highest BCUT2D eigenvalue weighted by molar-refractivity contribution is 7.80. The first-order valence-electron chi connectivity index (χ1n) is 11.8. The third-order valence-electron chi connectivity index (χ3n) is 6.84. The highest BCUT2D eigenvalue weighted by atomic mass is 32.1. The summed E-state index contributed by atoms with van der Waals surface area (Å²) in [6.07, 6.45) is 2.75. The van der Waals surface area contributed by atoms with Crippen LogP contribution in [0, 0.1) is 13.8 Å². The monoisotopic (exact) mass is 475 g/mol. The van der Waals surface area contributed by atoms with E-state index in [1.807, 2.05) is 38.1 Å².